The number of benzene rings is 1. The summed E-state index contributed by atoms with van der Waals surface area (Å²) >= 11 is 0. The molecule has 0 spiro atoms. The average Bonchev–Trinajstić information content (AvgIpc) is 2.98. The van der Waals surface area contributed by atoms with Crippen molar-refractivity contribution in [2.75, 3.05) is 26.2 Å². The number of nitrogens with two attached hydrogens (primary N) is 1. The van der Waals surface area contributed by atoms with Crippen LogP contribution in [0.5, 0.6) is 0 Å². The SMILES string of the molecule is C1=C(C2CC[N-]CC2)CC[N-]C1.CC1C([N+](=O)[O-])CC(C(=O)O)CC1[N+](=O)[O-].Cc1c([N+](=O)[O-])cc(C(=O)O)cc1[N+](=O)[O-].O.O.[Co+2].[Co].[NH2-]. The third kappa shape index (κ3) is 15.2. The van der Waals surface area contributed by atoms with Crippen LogP contribution in [0.3, 0.4) is 0 Å². The largest absolute Gasteiger partial charge is 2.00 e. The fraction of sp³-hybridized carbons (Fsp3) is 0.615. The van der Waals surface area contributed by atoms with E-state index in [9.17, 15) is 50.0 Å². The second-order valence-corrected chi connectivity index (χ2v) is 10.6. The molecule has 1 aromatic rings. The number of carboxylic acids is 2. The van der Waals surface area contributed by atoms with Gasteiger partial charge in [-0.25, -0.2) is 4.79 Å². The first-order valence-corrected chi connectivity index (χ1v) is 13.8. The van der Waals surface area contributed by atoms with E-state index in [0.717, 1.165) is 44.2 Å². The number of rotatable bonds is 7. The van der Waals surface area contributed by atoms with Gasteiger partial charge in [0.05, 0.1) is 27.2 Å². The van der Waals surface area contributed by atoms with Crippen molar-refractivity contribution in [3.05, 3.63) is 92.2 Å². The van der Waals surface area contributed by atoms with Crippen LogP contribution in [-0.2, 0) is 38.4 Å². The Morgan fingerprint density at radius 1 is 0.837 bits per heavy atom. The van der Waals surface area contributed by atoms with Crippen molar-refractivity contribution < 1.29 is 84.0 Å². The Balaban J connectivity index is -0.000000297. The molecule has 2 radical (unpaired) electrons. The van der Waals surface area contributed by atoms with Crippen molar-refractivity contribution in [2.24, 2.45) is 17.8 Å². The Bertz CT molecular complexity index is 1260. The topological polar surface area (TPSA) is 372 Å². The van der Waals surface area contributed by atoms with E-state index in [2.05, 4.69) is 16.7 Å². The summed E-state index contributed by atoms with van der Waals surface area (Å²) in [4.78, 5) is 60.9. The van der Waals surface area contributed by atoms with Gasteiger partial charge >= 0.3 is 28.7 Å². The van der Waals surface area contributed by atoms with E-state index in [1.165, 1.54) is 33.1 Å². The van der Waals surface area contributed by atoms with Crippen molar-refractivity contribution in [1.29, 1.82) is 0 Å². The molecule has 1 saturated carbocycles. The number of carbonyl (C=O) groups is 2. The summed E-state index contributed by atoms with van der Waals surface area (Å²) in [5.41, 5.74) is -0.137. The number of piperidine rings is 1. The third-order valence-electron chi connectivity index (χ3n) is 7.99. The third-order valence-corrected chi connectivity index (χ3v) is 7.99. The van der Waals surface area contributed by atoms with Crippen LogP contribution in [0, 0.1) is 65.1 Å². The molecular formula is C26H40Co2N7O14-. The summed E-state index contributed by atoms with van der Waals surface area (Å²) in [6, 6.07) is -0.703. The molecule has 1 saturated heterocycles. The van der Waals surface area contributed by atoms with Gasteiger partial charge in [0.25, 0.3) is 11.4 Å². The zero-order valence-corrected chi connectivity index (χ0v) is 28.5. The van der Waals surface area contributed by atoms with Gasteiger partial charge in [-0.2, -0.15) is 0 Å². The average molecular weight is 793 g/mol. The number of hydrogen-bond donors (Lipinski definition) is 2. The molecule has 23 heteroatoms. The van der Waals surface area contributed by atoms with Gasteiger partial charge < -0.3 is 37.9 Å². The maximum absolute atomic E-state index is 10.8. The van der Waals surface area contributed by atoms with Crippen LogP contribution in [-0.4, -0.2) is 91.1 Å². The number of aromatic carboxylic acids is 1. The van der Waals surface area contributed by atoms with Crippen LogP contribution < -0.4 is 0 Å². The van der Waals surface area contributed by atoms with Crippen LogP contribution in [0.2, 0.25) is 0 Å². The monoisotopic (exact) mass is 792 g/mol. The van der Waals surface area contributed by atoms with E-state index in [4.69, 9.17) is 10.2 Å². The van der Waals surface area contributed by atoms with Gasteiger partial charge in [0.1, 0.15) is 5.56 Å². The molecule has 0 amide bonds. The van der Waals surface area contributed by atoms with Gasteiger partial charge in [-0.1, -0.05) is 24.8 Å². The maximum Gasteiger partial charge on any atom is 2.00 e. The number of nitro benzene ring substituents is 2. The standard InChI is InChI=1S/C10H16N2.C8H12N2O6.C8H6N2O6.2Co.H2N.2H2O/c1-5-11-6-2-9(1)10-3-7-12-8-4-10;2*1-4-6(9(13)14)2-5(8(11)12)3-7(4)10(15)16;;;;;/h1,10H,2-8H2;4-7H,2-3H2,1H3,(H,11,12);2-3H,1H3,(H,11,12);;;3*1H2/q-2;;;;+2;-1;;. The molecule has 0 bridgehead atoms. The van der Waals surface area contributed by atoms with Crippen molar-refractivity contribution in [3.8, 4) is 0 Å². The number of nitrogens with zero attached hydrogens (tertiary/aromatic N) is 6. The Kier molecular flexibility index (Phi) is 26.0. The quantitative estimate of drug-likeness (QED) is 0.228. The summed E-state index contributed by atoms with van der Waals surface area (Å²) in [5, 5.41) is 68.6. The van der Waals surface area contributed by atoms with Gasteiger partial charge in [0.15, 0.2) is 0 Å². The molecular weight excluding hydrogens is 752 g/mol. The van der Waals surface area contributed by atoms with Crippen molar-refractivity contribution in [3.63, 3.8) is 0 Å². The van der Waals surface area contributed by atoms with E-state index in [1.54, 1.807) is 5.57 Å². The van der Waals surface area contributed by atoms with Crippen molar-refractivity contribution >= 4 is 23.3 Å². The van der Waals surface area contributed by atoms with Crippen LogP contribution in [0.4, 0.5) is 11.4 Å². The first-order chi connectivity index (χ1) is 20.6. The second-order valence-electron chi connectivity index (χ2n) is 10.6. The molecule has 2 heterocycles. The van der Waals surface area contributed by atoms with E-state index in [-0.39, 0.29) is 69.1 Å². The molecule has 0 aromatic heterocycles. The number of aliphatic carboxylic acids is 1. The molecule has 8 N–H and O–H groups in total. The van der Waals surface area contributed by atoms with Crippen LogP contribution in [0.1, 0.15) is 54.9 Å². The molecule has 282 valence electrons. The van der Waals surface area contributed by atoms with Crippen LogP contribution >= 0.6 is 0 Å². The second kappa shape index (κ2) is 24.4. The molecule has 1 aromatic carbocycles. The zero-order chi connectivity index (χ0) is 33.1. The van der Waals surface area contributed by atoms with Gasteiger partial charge in [0.2, 0.25) is 12.1 Å². The summed E-state index contributed by atoms with van der Waals surface area (Å²) in [5.74, 6) is -3.54. The smallest absolute Gasteiger partial charge is 0.693 e. The molecule has 1 aliphatic carbocycles. The molecule has 4 rings (SSSR count). The first kappa shape index (κ1) is 52.1. The molecule has 49 heavy (non-hydrogen) atoms. The van der Waals surface area contributed by atoms with Gasteiger partial charge in [-0.15, -0.1) is 32.3 Å². The number of nitro groups is 4. The normalized spacial score (nSPS) is 21.0. The number of carboxylic acid groups (broad SMARTS) is 2. The van der Waals surface area contributed by atoms with Gasteiger partial charge in [-0.3, -0.25) is 45.3 Å². The number of hydrogen-bond acceptors (Lipinski definition) is 10. The van der Waals surface area contributed by atoms with Crippen molar-refractivity contribution in [2.45, 2.75) is 58.0 Å². The van der Waals surface area contributed by atoms with E-state index < -0.39 is 72.5 Å². The Hall–Kier alpha value is -3.69. The minimum absolute atomic E-state index is 0. The summed E-state index contributed by atoms with van der Waals surface area (Å²) in [6.45, 7) is 6.81. The maximum atomic E-state index is 10.8. The van der Waals surface area contributed by atoms with Crippen molar-refractivity contribution in [1.82, 2.24) is 0 Å². The van der Waals surface area contributed by atoms with Gasteiger partial charge in [0, 0.05) is 51.6 Å². The summed E-state index contributed by atoms with van der Waals surface area (Å²) in [7, 11) is 0. The molecule has 2 unspecified atom stereocenters. The molecule has 21 nitrogen and oxygen atoms in total. The summed E-state index contributed by atoms with van der Waals surface area (Å²) < 4.78 is 0. The molecule has 2 atom stereocenters. The predicted octanol–water partition coefficient (Wildman–Crippen LogP) is 3.45. The first-order valence-electron chi connectivity index (χ1n) is 13.8. The van der Waals surface area contributed by atoms with E-state index in [1.807, 2.05) is 0 Å². The van der Waals surface area contributed by atoms with Crippen LogP contribution in [0.15, 0.2) is 23.8 Å². The molecule has 2 aliphatic heterocycles. The molecule has 3 aliphatic rings. The van der Waals surface area contributed by atoms with Gasteiger partial charge in [-0.05, 0) is 19.8 Å². The Morgan fingerprint density at radius 2 is 1.29 bits per heavy atom. The fourth-order valence-corrected chi connectivity index (χ4v) is 5.38. The van der Waals surface area contributed by atoms with E-state index in [0.29, 0.717) is 0 Å². The molecule has 2 fully saturated rings. The minimum Gasteiger partial charge on any atom is -0.693 e. The Labute approximate surface area is 300 Å². The fourth-order valence-electron chi connectivity index (χ4n) is 5.38. The zero-order valence-electron chi connectivity index (χ0n) is 26.4. The van der Waals surface area contributed by atoms with E-state index >= 15 is 0 Å². The Morgan fingerprint density at radius 3 is 1.61 bits per heavy atom. The van der Waals surface area contributed by atoms with Crippen LogP contribution in [0.25, 0.3) is 16.8 Å². The predicted molar refractivity (Wildman–Crippen MR) is 167 cm³/mol. The minimum atomic E-state index is -1.45. The summed E-state index contributed by atoms with van der Waals surface area (Å²) in [6.07, 6.45) is 5.85.